The number of rotatable bonds is 1. The van der Waals surface area contributed by atoms with Crippen molar-refractivity contribution in [1.29, 1.82) is 0 Å². The van der Waals surface area contributed by atoms with Crippen LogP contribution in [0.1, 0.15) is 11.6 Å². The van der Waals surface area contributed by atoms with Crippen LogP contribution in [-0.2, 0) is 0 Å². The van der Waals surface area contributed by atoms with E-state index in [2.05, 4.69) is 0 Å². The largest absolute Gasteiger partial charge is 0.407 e. The molecule has 0 heterocycles. The molecule has 0 saturated carbocycles. The molecule has 0 aliphatic heterocycles. The van der Waals surface area contributed by atoms with Crippen LogP contribution in [0.2, 0.25) is 0 Å². The summed E-state index contributed by atoms with van der Waals surface area (Å²) in [5.74, 6) is -0.585. The Labute approximate surface area is 72.2 Å². The van der Waals surface area contributed by atoms with Gasteiger partial charge in [0.25, 0.3) is 0 Å². The van der Waals surface area contributed by atoms with Crippen molar-refractivity contribution in [2.45, 2.75) is 12.2 Å². The maximum atomic E-state index is 12.3. The lowest BCUT2D eigenvalue weighted by atomic mass is 10.1. The van der Waals surface area contributed by atoms with Gasteiger partial charge in [0.15, 0.2) is 0 Å². The van der Waals surface area contributed by atoms with Crippen LogP contribution in [-0.4, -0.2) is 6.18 Å². The summed E-state index contributed by atoms with van der Waals surface area (Å²) >= 11 is 0. The first-order valence-electron chi connectivity index (χ1n) is 3.49. The molecule has 1 rings (SSSR count). The van der Waals surface area contributed by atoms with Crippen molar-refractivity contribution in [3.8, 4) is 0 Å². The second-order valence-corrected chi connectivity index (χ2v) is 2.57. The Morgan fingerprint density at radius 3 is 1.92 bits per heavy atom. The summed E-state index contributed by atoms with van der Waals surface area (Å²) in [4.78, 5) is 0. The predicted molar refractivity (Wildman–Crippen MR) is 39.4 cm³/mol. The number of benzene rings is 1. The SMILES string of the molecule is NC(c1ccc(F)cc1)C(F)(F)F. The van der Waals surface area contributed by atoms with Crippen molar-refractivity contribution >= 4 is 0 Å². The highest BCUT2D eigenvalue weighted by Crippen LogP contribution is 2.30. The van der Waals surface area contributed by atoms with Gasteiger partial charge in [-0.2, -0.15) is 13.2 Å². The zero-order chi connectivity index (χ0) is 10.1. The van der Waals surface area contributed by atoms with Gasteiger partial charge in [0.1, 0.15) is 11.9 Å². The molecule has 1 nitrogen and oxygen atoms in total. The highest BCUT2D eigenvalue weighted by atomic mass is 19.4. The average molecular weight is 193 g/mol. The molecule has 0 saturated heterocycles. The summed E-state index contributed by atoms with van der Waals surface area (Å²) in [7, 11) is 0. The van der Waals surface area contributed by atoms with Gasteiger partial charge in [-0.3, -0.25) is 0 Å². The van der Waals surface area contributed by atoms with Crippen LogP contribution in [0.4, 0.5) is 17.6 Å². The Morgan fingerprint density at radius 2 is 1.54 bits per heavy atom. The molecule has 0 bridgehead atoms. The van der Waals surface area contributed by atoms with Crippen molar-refractivity contribution in [2.24, 2.45) is 5.73 Å². The lowest BCUT2D eigenvalue weighted by molar-refractivity contribution is -0.149. The van der Waals surface area contributed by atoms with E-state index >= 15 is 0 Å². The van der Waals surface area contributed by atoms with Crippen LogP contribution in [0.5, 0.6) is 0 Å². The number of hydrogen-bond acceptors (Lipinski definition) is 1. The topological polar surface area (TPSA) is 26.0 Å². The van der Waals surface area contributed by atoms with E-state index in [1.807, 2.05) is 0 Å². The smallest absolute Gasteiger partial charge is 0.316 e. The molecular weight excluding hydrogens is 186 g/mol. The maximum Gasteiger partial charge on any atom is 0.407 e. The minimum Gasteiger partial charge on any atom is -0.316 e. The molecule has 1 aromatic rings. The van der Waals surface area contributed by atoms with Gasteiger partial charge >= 0.3 is 6.18 Å². The molecule has 0 fully saturated rings. The molecular formula is C8H7F4N. The van der Waals surface area contributed by atoms with Crippen LogP contribution in [0.25, 0.3) is 0 Å². The molecule has 72 valence electrons. The minimum atomic E-state index is -4.49. The van der Waals surface area contributed by atoms with Crippen molar-refractivity contribution in [2.75, 3.05) is 0 Å². The van der Waals surface area contributed by atoms with Crippen molar-refractivity contribution in [1.82, 2.24) is 0 Å². The highest BCUT2D eigenvalue weighted by Gasteiger charge is 2.37. The Bertz CT molecular complexity index is 277. The molecule has 13 heavy (non-hydrogen) atoms. The first kappa shape index (κ1) is 9.98. The fraction of sp³-hybridized carbons (Fsp3) is 0.250. The number of nitrogens with two attached hydrogens (primary N) is 1. The molecule has 0 radical (unpaired) electrons. The predicted octanol–water partition coefficient (Wildman–Crippen LogP) is 2.39. The van der Waals surface area contributed by atoms with Gasteiger partial charge in [-0.15, -0.1) is 0 Å². The zero-order valence-corrected chi connectivity index (χ0v) is 6.48. The molecule has 0 spiro atoms. The fourth-order valence-corrected chi connectivity index (χ4v) is 0.859. The molecule has 0 aromatic heterocycles. The van der Waals surface area contributed by atoms with Gasteiger partial charge in [-0.05, 0) is 17.7 Å². The third kappa shape index (κ3) is 2.42. The van der Waals surface area contributed by atoms with Gasteiger partial charge in [0, 0.05) is 0 Å². The summed E-state index contributed by atoms with van der Waals surface area (Å²) in [6.07, 6.45) is -4.49. The van der Waals surface area contributed by atoms with Crippen LogP contribution in [0, 0.1) is 5.82 Å². The summed E-state index contributed by atoms with van der Waals surface area (Å²) in [6.45, 7) is 0. The first-order valence-corrected chi connectivity index (χ1v) is 3.49. The van der Waals surface area contributed by atoms with Crippen molar-refractivity contribution in [3.05, 3.63) is 35.6 Å². The van der Waals surface area contributed by atoms with E-state index in [0.29, 0.717) is 0 Å². The molecule has 0 aliphatic carbocycles. The summed E-state index contributed by atoms with van der Waals surface area (Å²) in [5.41, 5.74) is 4.73. The Morgan fingerprint density at radius 1 is 1.08 bits per heavy atom. The summed E-state index contributed by atoms with van der Waals surface area (Å²) in [6, 6.07) is 1.89. The van der Waals surface area contributed by atoms with E-state index in [1.165, 1.54) is 0 Å². The lowest BCUT2D eigenvalue weighted by Crippen LogP contribution is -2.28. The normalized spacial score (nSPS) is 14.2. The molecule has 1 unspecified atom stereocenters. The van der Waals surface area contributed by atoms with Crippen LogP contribution < -0.4 is 5.73 Å². The Kier molecular flexibility index (Phi) is 2.56. The Balaban J connectivity index is 2.90. The van der Waals surface area contributed by atoms with E-state index in [1.54, 1.807) is 0 Å². The molecule has 0 amide bonds. The molecule has 1 aromatic carbocycles. The van der Waals surface area contributed by atoms with E-state index < -0.39 is 18.0 Å². The highest BCUT2D eigenvalue weighted by molar-refractivity contribution is 5.20. The van der Waals surface area contributed by atoms with Gasteiger partial charge in [0.05, 0.1) is 0 Å². The molecule has 2 N–H and O–H groups in total. The van der Waals surface area contributed by atoms with Gasteiger partial charge < -0.3 is 5.73 Å². The van der Waals surface area contributed by atoms with Crippen molar-refractivity contribution < 1.29 is 17.6 Å². The zero-order valence-electron chi connectivity index (χ0n) is 6.48. The first-order chi connectivity index (χ1) is 5.91. The number of hydrogen-bond donors (Lipinski definition) is 1. The van der Waals surface area contributed by atoms with Gasteiger partial charge in [0.2, 0.25) is 0 Å². The fourth-order valence-electron chi connectivity index (χ4n) is 0.859. The van der Waals surface area contributed by atoms with Gasteiger partial charge in [-0.1, -0.05) is 12.1 Å². The monoisotopic (exact) mass is 193 g/mol. The second kappa shape index (κ2) is 3.33. The summed E-state index contributed by atoms with van der Waals surface area (Å²) < 4.78 is 48.4. The third-order valence-electron chi connectivity index (χ3n) is 1.58. The Hall–Kier alpha value is -1.10. The van der Waals surface area contributed by atoms with E-state index in [0.717, 1.165) is 24.3 Å². The molecule has 5 heteroatoms. The quantitative estimate of drug-likeness (QED) is 0.681. The molecule has 0 aliphatic rings. The minimum absolute atomic E-state index is 0.145. The summed E-state index contributed by atoms with van der Waals surface area (Å²) in [5, 5.41) is 0. The van der Waals surface area contributed by atoms with Crippen LogP contribution in [0.15, 0.2) is 24.3 Å². The standard InChI is InChI=1S/C8H7F4N/c9-6-3-1-5(2-4-6)7(13)8(10,11)12/h1-4,7H,13H2. The molecule has 1 atom stereocenters. The van der Waals surface area contributed by atoms with Gasteiger partial charge in [-0.25, -0.2) is 4.39 Å². The average Bonchev–Trinajstić information content (AvgIpc) is 2.03. The maximum absolute atomic E-state index is 12.3. The lowest BCUT2D eigenvalue weighted by Gasteiger charge is -2.15. The number of halogens is 4. The van der Waals surface area contributed by atoms with Crippen LogP contribution in [0.3, 0.4) is 0 Å². The van der Waals surface area contributed by atoms with E-state index in [-0.39, 0.29) is 5.56 Å². The van der Waals surface area contributed by atoms with Crippen molar-refractivity contribution in [3.63, 3.8) is 0 Å². The number of alkyl halides is 3. The third-order valence-corrected chi connectivity index (χ3v) is 1.58. The van der Waals surface area contributed by atoms with E-state index in [9.17, 15) is 17.6 Å². The second-order valence-electron chi connectivity index (χ2n) is 2.57. The van der Waals surface area contributed by atoms with E-state index in [4.69, 9.17) is 5.73 Å². The van der Waals surface area contributed by atoms with Crippen LogP contribution >= 0.6 is 0 Å².